The van der Waals surface area contributed by atoms with Crippen molar-refractivity contribution >= 4 is 17.6 Å². The molecule has 2 amide bonds. The van der Waals surface area contributed by atoms with Crippen molar-refractivity contribution in [3.63, 3.8) is 0 Å². The molecule has 17 heavy (non-hydrogen) atoms. The van der Waals surface area contributed by atoms with E-state index >= 15 is 0 Å². The Hall–Kier alpha value is -1.28. The summed E-state index contributed by atoms with van der Waals surface area (Å²) in [6.45, 7) is 1.20. The molecule has 1 aromatic rings. The maximum atomic E-state index is 11.7. The van der Waals surface area contributed by atoms with Crippen LogP contribution in [0.3, 0.4) is 0 Å². The number of amides is 2. The Morgan fingerprint density at radius 1 is 1.12 bits per heavy atom. The zero-order valence-electron chi connectivity index (χ0n) is 9.60. The molecule has 0 unspecified atom stereocenters. The molecule has 1 aliphatic heterocycles. The number of hydrogen-bond acceptors (Lipinski definition) is 3. The number of carbonyl (C=O) groups is 3. The van der Waals surface area contributed by atoms with Gasteiger partial charge in [0.2, 0.25) is 0 Å². The molecule has 2 rings (SSSR count). The molecule has 5 heteroatoms. The van der Waals surface area contributed by atoms with Crippen molar-refractivity contribution in [2.45, 2.75) is 6.92 Å². The van der Waals surface area contributed by atoms with E-state index in [1.807, 2.05) is 0 Å². The molecule has 0 atom stereocenters. The van der Waals surface area contributed by atoms with Crippen molar-refractivity contribution in [2.75, 3.05) is 6.54 Å². The van der Waals surface area contributed by atoms with Crippen molar-refractivity contribution in [2.24, 2.45) is 0 Å². The van der Waals surface area contributed by atoms with Crippen LogP contribution in [0.1, 0.15) is 27.6 Å². The van der Waals surface area contributed by atoms with E-state index in [9.17, 15) is 14.4 Å². The Morgan fingerprint density at radius 2 is 1.53 bits per heavy atom. The molecule has 90 valence electrons. The third kappa shape index (κ3) is 2.70. The van der Waals surface area contributed by atoms with Gasteiger partial charge in [-0.1, -0.05) is 12.1 Å². The van der Waals surface area contributed by atoms with Gasteiger partial charge in [0.1, 0.15) is 5.78 Å². The fourth-order valence-corrected chi connectivity index (χ4v) is 1.61. The van der Waals surface area contributed by atoms with Gasteiger partial charge >= 0.3 is 0 Å². The summed E-state index contributed by atoms with van der Waals surface area (Å²) in [5, 5.41) is 0. The van der Waals surface area contributed by atoms with Crippen LogP contribution < -0.4 is 0 Å². The van der Waals surface area contributed by atoms with E-state index in [1.54, 1.807) is 24.3 Å². The Bertz CT molecular complexity index is 436. The molecule has 0 radical (unpaired) electrons. The Kier molecular flexibility index (Phi) is 5.43. The minimum atomic E-state index is -0.384. The number of imide groups is 1. The average molecular weight is 402 g/mol. The first-order valence-electron chi connectivity index (χ1n) is 4.56. The number of nitrogens with zero attached hydrogens (tertiary/aromatic N) is 1. The molecular formula is C12H12NO3W-. The van der Waals surface area contributed by atoms with Gasteiger partial charge in [-0.2, -0.15) is 0 Å². The molecule has 0 aliphatic carbocycles. The molecular weight excluding hydrogens is 390 g/mol. The van der Waals surface area contributed by atoms with Crippen LogP contribution in [0.25, 0.3) is 0 Å². The summed E-state index contributed by atoms with van der Waals surface area (Å²) >= 11 is 0. The van der Waals surface area contributed by atoms with E-state index in [2.05, 4.69) is 0 Å². The van der Waals surface area contributed by atoms with E-state index in [0.29, 0.717) is 11.1 Å². The SMILES string of the molecule is CC(=O)CN1C(=O)c2ccccc2C1=O.[CH3-].[W]. The summed E-state index contributed by atoms with van der Waals surface area (Å²) in [6.07, 6.45) is 0. The zero-order valence-corrected chi connectivity index (χ0v) is 12.5. The predicted molar refractivity (Wildman–Crippen MR) is 58.9 cm³/mol. The predicted octanol–water partition coefficient (Wildman–Crippen LogP) is 1.32. The molecule has 1 aromatic carbocycles. The molecule has 0 saturated carbocycles. The zero-order chi connectivity index (χ0) is 11.0. The summed E-state index contributed by atoms with van der Waals surface area (Å²) < 4.78 is 0. The first kappa shape index (κ1) is 15.7. The van der Waals surface area contributed by atoms with E-state index in [4.69, 9.17) is 0 Å². The fraction of sp³-hybridized carbons (Fsp3) is 0.167. The van der Waals surface area contributed by atoms with Gasteiger partial charge < -0.3 is 7.43 Å². The number of ketones is 1. The van der Waals surface area contributed by atoms with E-state index < -0.39 is 0 Å². The summed E-state index contributed by atoms with van der Waals surface area (Å²) in [6, 6.07) is 6.58. The van der Waals surface area contributed by atoms with Gasteiger partial charge in [0, 0.05) is 21.1 Å². The van der Waals surface area contributed by atoms with Crippen molar-refractivity contribution in [3.05, 3.63) is 42.8 Å². The maximum absolute atomic E-state index is 11.7. The third-order valence-electron chi connectivity index (χ3n) is 2.26. The maximum Gasteiger partial charge on any atom is 0.261 e. The van der Waals surface area contributed by atoms with Crippen molar-refractivity contribution in [3.8, 4) is 0 Å². The topological polar surface area (TPSA) is 54.5 Å². The van der Waals surface area contributed by atoms with Gasteiger partial charge in [-0.3, -0.25) is 19.3 Å². The smallest absolute Gasteiger partial charge is 0.261 e. The second kappa shape index (κ2) is 5.87. The summed E-state index contributed by atoms with van der Waals surface area (Å²) in [5.41, 5.74) is 0.757. The second-order valence-electron chi connectivity index (χ2n) is 3.44. The van der Waals surface area contributed by atoms with Crippen molar-refractivity contribution < 1.29 is 35.4 Å². The largest absolute Gasteiger partial charge is 0.358 e. The van der Waals surface area contributed by atoms with E-state index in [1.165, 1.54) is 6.92 Å². The van der Waals surface area contributed by atoms with Crippen LogP contribution >= 0.6 is 0 Å². The van der Waals surface area contributed by atoms with Gasteiger partial charge in [-0.25, -0.2) is 0 Å². The van der Waals surface area contributed by atoms with Gasteiger partial charge in [0.15, 0.2) is 0 Å². The first-order chi connectivity index (χ1) is 7.11. The van der Waals surface area contributed by atoms with Crippen molar-refractivity contribution in [1.82, 2.24) is 4.90 Å². The number of rotatable bonds is 2. The van der Waals surface area contributed by atoms with Crippen LogP contribution in [-0.4, -0.2) is 29.0 Å². The monoisotopic (exact) mass is 402 g/mol. The van der Waals surface area contributed by atoms with E-state index in [-0.39, 0.29) is 52.6 Å². The average Bonchev–Trinajstić information content (AvgIpc) is 2.44. The van der Waals surface area contributed by atoms with Crippen molar-refractivity contribution in [1.29, 1.82) is 0 Å². The number of hydrogen-bond donors (Lipinski definition) is 0. The Balaban J connectivity index is 0.00000128. The summed E-state index contributed by atoms with van der Waals surface area (Å²) in [4.78, 5) is 35.3. The van der Waals surface area contributed by atoms with Crippen LogP contribution in [0.4, 0.5) is 0 Å². The van der Waals surface area contributed by atoms with Crippen LogP contribution in [0.5, 0.6) is 0 Å². The molecule has 1 heterocycles. The van der Waals surface area contributed by atoms with Gasteiger partial charge in [0.05, 0.1) is 17.7 Å². The number of fused-ring (bicyclic) bond motifs is 1. The quantitative estimate of drug-likeness (QED) is 0.554. The molecule has 1 aliphatic rings. The first-order valence-corrected chi connectivity index (χ1v) is 4.56. The second-order valence-corrected chi connectivity index (χ2v) is 3.44. The van der Waals surface area contributed by atoms with Crippen LogP contribution in [-0.2, 0) is 25.9 Å². The molecule has 0 N–H and O–H groups in total. The number of carbonyl (C=O) groups excluding carboxylic acids is 3. The normalized spacial score (nSPS) is 12.6. The molecule has 4 nitrogen and oxygen atoms in total. The molecule has 0 aromatic heterocycles. The van der Waals surface area contributed by atoms with Gasteiger partial charge in [-0.05, 0) is 19.1 Å². The standard InChI is InChI=1S/C11H9NO3.CH3.W/c1-7(13)6-12-10(14)8-4-2-3-5-9(8)11(12)15;;/h2-5H,6H2,1H3;1H3;/q;-1;. The van der Waals surface area contributed by atoms with E-state index in [0.717, 1.165) is 4.90 Å². The van der Waals surface area contributed by atoms with Crippen LogP contribution in [0.15, 0.2) is 24.3 Å². The minimum absolute atomic E-state index is 0. The molecule has 0 fully saturated rings. The summed E-state index contributed by atoms with van der Waals surface area (Å²) in [7, 11) is 0. The molecule has 0 spiro atoms. The third-order valence-corrected chi connectivity index (χ3v) is 2.26. The van der Waals surface area contributed by atoms with Crippen LogP contribution in [0, 0.1) is 7.43 Å². The Morgan fingerprint density at radius 3 is 1.88 bits per heavy atom. The number of benzene rings is 1. The number of Topliss-reactive ketones (excluding diaryl/α,β-unsaturated/α-hetero) is 1. The minimum Gasteiger partial charge on any atom is -0.358 e. The molecule has 0 bridgehead atoms. The van der Waals surface area contributed by atoms with Crippen LogP contribution in [0.2, 0.25) is 0 Å². The Labute approximate surface area is 114 Å². The molecule has 0 saturated heterocycles. The fourth-order valence-electron chi connectivity index (χ4n) is 1.61. The summed E-state index contributed by atoms with van der Waals surface area (Å²) in [5.74, 6) is -0.971. The van der Waals surface area contributed by atoms with Gasteiger partial charge in [-0.15, -0.1) is 0 Å². The van der Waals surface area contributed by atoms with Gasteiger partial charge in [0.25, 0.3) is 11.8 Å².